The molecule has 200 valence electrons. The van der Waals surface area contributed by atoms with Crippen molar-refractivity contribution >= 4 is 47.5 Å². The summed E-state index contributed by atoms with van der Waals surface area (Å²) in [6.07, 6.45) is 0. The predicted molar refractivity (Wildman–Crippen MR) is 126 cm³/mol. The third-order valence-electron chi connectivity index (χ3n) is 4.83. The number of aromatic nitrogens is 2. The molecule has 3 aromatic rings. The zero-order valence-electron chi connectivity index (χ0n) is 21.1. The maximum absolute atomic E-state index is 12.5. The minimum absolute atomic E-state index is 0. The van der Waals surface area contributed by atoms with Crippen LogP contribution >= 0.6 is 0 Å². The van der Waals surface area contributed by atoms with Crippen LogP contribution in [-0.4, -0.2) is 63.6 Å². The Balaban J connectivity index is 0.00000380. The number of sulfone groups is 1. The molecule has 0 atom stereocenters. The molecule has 0 saturated carbocycles. The first kappa shape index (κ1) is 35.6. The third-order valence-corrected chi connectivity index (χ3v) is 7.81. The summed E-state index contributed by atoms with van der Waals surface area (Å²) in [7, 11) is -12.4. The monoisotopic (exact) mass is 619 g/mol. The molecule has 3 rings (SSSR count). The van der Waals surface area contributed by atoms with Gasteiger partial charge in [-0.15, -0.1) is 15.3 Å². The second kappa shape index (κ2) is 14.0. The van der Waals surface area contributed by atoms with E-state index in [9.17, 15) is 34.4 Å². The number of ether oxygens (including phenoxy) is 1. The molecule has 0 bridgehead atoms. The Kier molecular flexibility index (Phi) is 12.8. The number of hydrogen-bond acceptors (Lipinski definition) is 14. The number of benzene rings is 2. The largest absolute Gasteiger partial charge is 1.00 e. The Morgan fingerprint density at radius 3 is 2.08 bits per heavy atom. The van der Waals surface area contributed by atoms with Gasteiger partial charge in [0.15, 0.2) is 21.3 Å². The summed E-state index contributed by atoms with van der Waals surface area (Å²) in [4.78, 5) is -0.681. The summed E-state index contributed by atoms with van der Waals surface area (Å²) in [5.74, 6) is -0.692. The zero-order chi connectivity index (χ0) is 27.6. The molecule has 39 heavy (non-hydrogen) atoms. The Morgan fingerprint density at radius 2 is 1.54 bits per heavy atom. The number of azo groups is 1. The van der Waals surface area contributed by atoms with E-state index in [0.717, 1.165) is 18.2 Å². The first-order valence-electron chi connectivity index (χ1n) is 9.96. The van der Waals surface area contributed by atoms with Gasteiger partial charge in [0.1, 0.15) is 21.6 Å². The van der Waals surface area contributed by atoms with Crippen LogP contribution in [0.15, 0.2) is 62.5 Å². The molecule has 0 spiro atoms. The molecule has 1 heterocycles. The number of nitrogens with zero attached hydrogens (tertiary/aromatic N) is 4. The van der Waals surface area contributed by atoms with E-state index < -0.39 is 47.6 Å². The van der Waals surface area contributed by atoms with Gasteiger partial charge in [-0.1, -0.05) is 0 Å². The van der Waals surface area contributed by atoms with Gasteiger partial charge in [-0.25, -0.2) is 29.9 Å². The fourth-order valence-corrected chi connectivity index (χ4v) is 5.02. The summed E-state index contributed by atoms with van der Waals surface area (Å²) < 4.78 is 101. The van der Waals surface area contributed by atoms with Gasteiger partial charge in [-0.2, -0.15) is 0 Å². The second-order valence-electron chi connectivity index (χ2n) is 7.26. The first-order valence-corrected chi connectivity index (χ1v) is 14.4. The Bertz CT molecular complexity index is 1680. The van der Waals surface area contributed by atoms with E-state index in [0.29, 0.717) is 11.4 Å². The van der Waals surface area contributed by atoms with Gasteiger partial charge in [0.2, 0.25) is 10.4 Å². The van der Waals surface area contributed by atoms with Crippen molar-refractivity contribution in [3.63, 3.8) is 0 Å². The molecule has 0 saturated heterocycles. The van der Waals surface area contributed by atoms with Crippen molar-refractivity contribution in [1.82, 2.24) is 9.78 Å². The fourth-order valence-electron chi connectivity index (χ4n) is 3.05. The summed E-state index contributed by atoms with van der Waals surface area (Å²) in [6, 6.07) is 8.56. The Morgan fingerprint density at radius 1 is 0.949 bits per heavy atom. The first-order chi connectivity index (χ1) is 17.1. The normalized spacial score (nSPS) is 12.1. The molecule has 0 fully saturated rings. The summed E-state index contributed by atoms with van der Waals surface area (Å²) in [5, 5.41) is 12.2. The molecule has 0 radical (unpaired) electrons. The van der Waals surface area contributed by atoms with Crippen molar-refractivity contribution in [3.8, 4) is 11.4 Å². The topological polar surface area (TPSA) is 236 Å². The Hall–Kier alpha value is -1.42. The molecular formula is C19H19N5Na2O10S3. The smallest absolute Gasteiger partial charge is 0.744 e. The van der Waals surface area contributed by atoms with Crippen molar-refractivity contribution in [2.45, 2.75) is 16.7 Å². The van der Waals surface area contributed by atoms with E-state index in [1.807, 2.05) is 0 Å². The minimum Gasteiger partial charge on any atom is -0.744 e. The van der Waals surface area contributed by atoms with E-state index in [2.05, 4.69) is 19.5 Å². The molecule has 20 heteroatoms. The van der Waals surface area contributed by atoms with Crippen LogP contribution in [0, 0.1) is 6.92 Å². The number of nitrogens with two attached hydrogens (primary N) is 1. The third kappa shape index (κ3) is 9.30. The summed E-state index contributed by atoms with van der Waals surface area (Å²) >= 11 is 0. The molecular weight excluding hydrogens is 600 g/mol. The van der Waals surface area contributed by atoms with E-state index in [4.69, 9.17) is 10.5 Å². The molecule has 0 aliphatic carbocycles. The van der Waals surface area contributed by atoms with Gasteiger partial charge in [0.25, 0.3) is 0 Å². The van der Waals surface area contributed by atoms with E-state index >= 15 is 0 Å². The van der Waals surface area contributed by atoms with E-state index in [1.165, 1.54) is 36.1 Å². The average Bonchev–Trinajstić information content (AvgIpc) is 3.09. The van der Waals surface area contributed by atoms with Crippen molar-refractivity contribution in [2.75, 3.05) is 25.2 Å². The van der Waals surface area contributed by atoms with Crippen molar-refractivity contribution in [3.05, 3.63) is 48.2 Å². The van der Waals surface area contributed by atoms with E-state index in [-0.39, 0.29) is 87.0 Å². The fraction of sp³-hybridized carbons (Fsp3) is 0.211. The standard InChI is InChI=1S/C19H21N5O10S3.2Na/c1-12-18(19(20)23-24(12)13-3-5-14(6-4-13)36(27,28)29)22-21-16-11-15(7-8-17(16)33-2)35(25,26)10-9-34-37(30,31)32;;/h3-8,11H,9-10H2,1-2H3,(H2,20,23)(H,27,28,29)(H,30,31,32);;/q;2*+1/p-2. The molecule has 2 N–H and O–H groups in total. The summed E-state index contributed by atoms with van der Waals surface area (Å²) in [6.45, 7) is 0.728. The SMILES string of the molecule is COc1ccc(S(=O)(=O)CCOS(=O)(=O)[O-])cc1N=Nc1c(N)nn(-c2ccc(S(=O)(=O)[O-])cc2)c1C.[Na+].[Na+]. The number of anilines is 1. The van der Waals surface area contributed by atoms with Crippen molar-refractivity contribution in [2.24, 2.45) is 10.2 Å². The Labute approximate surface area is 269 Å². The van der Waals surface area contributed by atoms with Crippen molar-refractivity contribution in [1.29, 1.82) is 0 Å². The van der Waals surface area contributed by atoms with Crippen LogP contribution in [0.5, 0.6) is 5.75 Å². The van der Waals surface area contributed by atoms with E-state index in [1.54, 1.807) is 6.92 Å². The molecule has 15 nitrogen and oxygen atoms in total. The van der Waals surface area contributed by atoms with Gasteiger partial charge >= 0.3 is 59.1 Å². The van der Waals surface area contributed by atoms with Gasteiger partial charge in [-0.3, -0.25) is 4.18 Å². The van der Waals surface area contributed by atoms with Crippen LogP contribution in [0.4, 0.5) is 17.2 Å². The number of nitrogen functional groups attached to an aromatic ring is 1. The minimum atomic E-state index is -5.05. The molecule has 1 aromatic heterocycles. The van der Waals surface area contributed by atoms with Crippen LogP contribution in [0.3, 0.4) is 0 Å². The van der Waals surface area contributed by atoms with Crippen LogP contribution in [0.2, 0.25) is 0 Å². The van der Waals surface area contributed by atoms with Crippen LogP contribution in [0.1, 0.15) is 5.69 Å². The maximum atomic E-state index is 12.5. The number of rotatable bonds is 10. The van der Waals surface area contributed by atoms with Crippen molar-refractivity contribution < 1.29 is 102 Å². The van der Waals surface area contributed by atoms with Crippen LogP contribution in [0.25, 0.3) is 5.69 Å². The number of hydrogen-bond donors (Lipinski definition) is 1. The quantitative estimate of drug-likeness (QED) is 0.0976. The molecule has 0 aliphatic rings. The molecule has 0 aliphatic heterocycles. The average molecular weight is 620 g/mol. The molecule has 0 unspecified atom stereocenters. The second-order valence-corrected chi connectivity index (χ2v) is 11.8. The number of methoxy groups -OCH3 is 1. The van der Waals surface area contributed by atoms with Crippen LogP contribution in [-0.2, 0) is 34.5 Å². The molecule has 0 amide bonds. The zero-order valence-corrected chi connectivity index (χ0v) is 27.6. The maximum Gasteiger partial charge on any atom is 1.00 e. The molecule has 2 aromatic carbocycles. The van der Waals surface area contributed by atoms with Gasteiger partial charge in [0.05, 0.1) is 40.6 Å². The predicted octanol–water partition coefficient (Wildman–Crippen LogP) is -4.65. The summed E-state index contributed by atoms with van der Waals surface area (Å²) in [5.41, 5.74) is 6.82. The van der Waals surface area contributed by atoms with Gasteiger partial charge in [0, 0.05) is 0 Å². The van der Waals surface area contributed by atoms with Gasteiger partial charge in [-0.05, 0) is 49.4 Å². The van der Waals surface area contributed by atoms with Crippen LogP contribution < -0.4 is 69.6 Å². The van der Waals surface area contributed by atoms with Gasteiger partial charge < -0.3 is 19.6 Å².